The van der Waals surface area contributed by atoms with Crippen molar-refractivity contribution >= 4 is 17.3 Å². The van der Waals surface area contributed by atoms with E-state index in [0.29, 0.717) is 29.3 Å². The molecule has 0 aliphatic heterocycles. The number of nitrogens with two attached hydrogens (primary N) is 1. The Morgan fingerprint density at radius 3 is 2.57 bits per heavy atom. The fourth-order valence-corrected chi connectivity index (χ4v) is 3.06. The van der Waals surface area contributed by atoms with Crippen LogP contribution in [0.2, 0.25) is 0 Å². The Kier molecular flexibility index (Phi) is 6.51. The summed E-state index contributed by atoms with van der Waals surface area (Å²) >= 11 is 0. The van der Waals surface area contributed by atoms with Gasteiger partial charge in [0.25, 0.3) is 5.56 Å². The van der Waals surface area contributed by atoms with E-state index in [1.807, 2.05) is 51.1 Å². The average Bonchev–Trinajstić information content (AvgIpc) is 2.70. The number of hydrogen-bond donors (Lipinski definition) is 3. The van der Waals surface area contributed by atoms with Crippen LogP contribution in [0.5, 0.6) is 0 Å². The molecule has 0 bridgehead atoms. The number of carbonyl (C=O) groups excluding carboxylic acids is 1. The van der Waals surface area contributed by atoms with Gasteiger partial charge in [0.05, 0.1) is 6.20 Å². The van der Waals surface area contributed by atoms with E-state index in [2.05, 4.69) is 15.6 Å². The average molecular weight is 406 g/mol. The molecule has 1 heterocycles. The van der Waals surface area contributed by atoms with Gasteiger partial charge in [-0.25, -0.2) is 4.98 Å². The van der Waals surface area contributed by atoms with Crippen molar-refractivity contribution < 1.29 is 4.79 Å². The Balaban J connectivity index is 1.88. The van der Waals surface area contributed by atoms with Crippen LogP contribution in [0.1, 0.15) is 25.0 Å². The maximum Gasteiger partial charge on any atom is 0.277 e. The van der Waals surface area contributed by atoms with Gasteiger partial charge in [0, 0.05) is 23.8 Å². The highest BCUT2D eigenvalue weighted by atomic mass is 16.2. The normalized spacial score (nSPS) is 10.8. The van der Waals surface area contributed by atoms with Gasteiger partial charge in [0.15, 0.2) is 0 Å². The number of aromatic nitrogens is 2. The summed E-state index contributed by atoms with van der Waals surface area (Å²) in [5.74, 6) is 0.124. The largest absolute Gasteiger partial charge is 0.399 e. The lowest BCUT2D eigenvalue weighted by molar-refractivity contribution is -0.121. The smallest absolute Gasteiger partial charge is 0.277 e. The molecule has 0 spiro atoms. The van der Waals surface area contributed by atoms with Crippen molar-refractivity contribution in [1.29, 1.82) is 0 Å². The highest BCUT2D eigenvalue weighted by Gasteiger charge is 2.16. The van der Waals surface area contributed by atoms with Crippen LogP contribution in [0.15, 0.2) is 59.5 Å². The molecule has 0 radical (unpaired) electrons. The molecular formula is C23H27N5O2. The van der Waals surface area contributed by atoms with Crippen molar-refractivity contribution in [2.24, 2.45) is 0 Å². The molecule has 156 valence electrons. The number of aryl methyl sites for hydroxylation is 1. The van der Waals surface area contributed by atoms with Crippen LogP contribution >= 0.6 is 0 Å². The third kappa shape index (κ3) is 5.26. The number of hydrogen-bond acceptors (Lipinski definition) is 5. The highest BCUT2D eigenvalue weighted by molar-refractivity contribution is 5.76. The van der Waals surface area contributed by atoms with Gasteiger partial charge in [-0.15, -0.1) is 0 Å². The lowest BCUT2D eigenvalue weighted by atomic mass is 10.1. The number of anilines is 2. The van der Waals surface area contributed by atoms with Crippen molar-refractivity contribution in [3.63, 3.8) is 0 Å². The minimum atomic E-state index is -0.304. The van der Waals surface area contributed by atoms with Crippen LogP contribution in [-0.4, -0.2) is 21.5 Å². The zero-order valence-corrected chi connectivity index (χ0v) is 17.5. The summed E-state index contributed by atoms with van der Waals surface area (Å²) < 4.78 is 1.38. The Hall–Kier alpha value is -3.61. The van der Waals surface area contributed by atoms with Gasteiger partial charge in [-0.1, -0.05) is 42.0 Å². The van der Waals surface area contributed by atoms with Gasteiger partial charge >= 0.3 is 0 Å². The molecule has 0 atom stereocenters. The van der Waals surface area contributed by atoms with E-state index < -0.39 is 0 Å². The van der Waals surface area contributed by atoms with Crippen molar-refractivity contribution in [3.05, 3.63) is 76.2 Å². The van der Waals surface area contributed by atoms with Gasteiger partial charge in [-0.05, 0) is 38.5 Å². The van der Waals surface area contributed by atoms with E-state index >= 15 is 0 Å². The molecule has 2 aromatic carbocycles. The van der Waals surface area contributed by atoms with E-state index in [1.54, 1.807) is 18.2 Å². The number of benzene rings is 2. The van der Waals surface area contributed by atoms with Crippen LogP contribution in [0.4, 0.5) is 11.4 Å². The first-order valence-corrected chi connectivity index (χ1v) is 9.88. The first-order chi connectivity index (χ1) is 14.3. The summed E-state index contributed by atoms with van der Waals surface area (Å²) in [4.78, 5) is 30.2. The summed E-state index contributed by atoms with van der Waals surface area (Å²) in [6, 6.07) is 15.1. The van der Waals surface area contributed by atoms with Crippen LogP contribution in [0, 0.1) is 6.92 Å². The van der Waals surface area contributed by atoms with E-state index in [4.69, 9.17) is 5.73 Å². The summed E-state index contributed by atoms with van der Waals surface area (Å²) in [6.07, 6.45) is 1.50. The molecule has 1 aromatic heterocycles. The molecule has 1 amide bonds. The third-order valence-corrected chi connectivity index (χ3v) is 4.55. The molecule has 7 heteroatoms. The molecule has 3 aromatic rings. The zero-order valence-electron chi connectivity index (χ0n) is 17.5. The number of rotatable bonds is 7. The minimum absolute atomic E-state index is 0.0570. The maximum absolute atomic E-state index is 13.1. The van der Waals surface area contributed by atoms with Crippen LogP contribution in [0.25, 0.3) is 11.4 Å². The van der Waals surface area contributed by atoms with Gasteiger partial charge in [-0.2, -0.15) is 0 Å². The predicted octanol–water partition coefficient (Wildman–Crippen LogP) is 2.94. The lowest BCUT2D eigenvalue weighted by Gasteiger charge is -2.16. The Labute approximate surface area is 176 Å². The van der Waals surface area contributed by atoms with Gasteiger partial charge in [0.1, 0.15) is 18.1 Å². The monoisotopic (exact) mass is 405 g/mol. The lowest BCUT2D eigenvalue weighted by Crippen LogP contribution is -2.34. The SMILES string of the molecule is Cc1ccc(CNC(=O)Cn2c(-c3cccc(N)c3)ncc(NC(C)C)c2=O)cc1. The zero-order chi connectivity index (χ0) is 21.7. The summed E-state index contributed by atoms with van der Waals surface area (Å²) in [7, 11) is 0. The number of nitrogen functional groups attached to an aromatic ring is 1. The Morgan fingerprint density at radius 1 is 1.17 bits per heavy atom. The van der Waals surface area contributed by atoms with E-state index in [9.17, 15) is 9.59 Å². The van der Waals surface area contributed by atoms with Crippen molar-refractivity contribution in [1.82, 2.24) is 14.9 Å². The van der Waals surface area contributed by atoms with Crippen molar-refractivity contribution in [2.45, 2.75) is 39.9 Å². The maximum atomic E-state index is 13.1. The minimum Gasteiger partial charge on any atom is -0.399 e. The van der Waals surface area contributed by atoms with Crippen molar-refractivity contribution in [2.75, 3.05) is 11.1 Å². The number of carbonyl (C=O) groups is 1. The van der Waals surface area contributed by atoms with Crippen LogP contribution in [0.3, 0.4) is 0 Å². The van der Waals surface area contributed by atoms with E-state index in [0.717, 1.165) is 11.1 Å². The fourth-order valence-electron chi connectivity index (χ4n) is 3.06. The quantitative estimate of drug-likeness (QED) is 0.525. The number of nitrogens with one attached hydrogen (secondary N) is 2. The molecule has 0 saturated heterocycles. The van der Waals surface area contributed by atoms with Gasteiger partial charge in [-0.3, -0.25) is 14.2 Å². The summed E-state index contributed by atoms with van der Waals surface area (Å²) in [5, 5.41) is 5.96. The molecule has 7 nitrogen and oxygen atoms in total. The molecule has 0 aliphatic carbocycles. The molecule has 30 heavy (non-hydrogen) atoms. The number of nitrogens with zero attached hydrogens (tertiary/aromatic N) is 2. The standard InChI is InChI=1S/C23H27N5O2/c1-15(2)27-20-13-26-22(18-5-4-6-19(24)11-18)28(23(20)30)14-21(29)25-12-17-9-7-16(3)8-10-17/h4-11,13,15,27H,12,14,24H2,1-3H3,(H,25,29). The van der Waals surface area contributed by atoms with E-state index in [-0.39, 0.29) is 24.1 Å². The molecule has 0 fully saturated rings. The van der Waals surface area contributed by atoms with Crippen LogP contribution < -0.4 is 21.9 Å². The van der Waals surface area contributed by atoms with Gasteiger partial charge < -0.3 is 16.4 Å². The summed E-state index contributed by atoms with van der Waals surface area (Å²) in [6.45, 7) is 6.12. The second kappa shape index (κ2) is 9.26. The molecule has 0 saturated carbocycles. The highest BCUT2D eigenvalue weighted by Crippen LogP contribution is 2.19. The first-order valence-electron chi connectivity index (χ1n) is 9.88. The van der Waals surface area contributed by atoms with Crippen molar-refractivity contribution in [3.8, 4) is 11.4 Å². The second-order valence-corrected chi connectivity index (χ2v) is 7.57. The van der Waals surface area contributed by atoms with Crippen LogP contribution in [-0.2, 0) is 17.9 Å². The topological polar surface area (TPSA) is 102 Å². The Bertz CT molecular complexity index is 1090. The molecule has 0 aliphatic rings. The number of amides is 1. The third-order valence-electron chi connectivity index (χ3n) is 4.55. The Morgan fingerprint density at radius 2 is 1.90 bits per heavy atom. The molecule has 4 N–H and O–H groups in total. The first kappa shape index (κ1) is 21.1. The van der Waals surface area contributed by atoms with E-state index in [1.165, 1.54) is 10.8 Å². The molecule has 3 rings (SSSR count). The molecular weight excluding hydrogens is 378 g/mol. The fraction of sp³-hybridized carbons (Fsp3) is 0.261. The predicted molar refractivity (Wildman–Crippen MR) is 120 cm³/mol. The van der Waals surface area contributed by atoms with Gasteiger partial charge in [0.2, 0.25) is 5.91 Å². The second-order valence-electron chi connectivity index (χ2n) is 7.57. The summed E-state index contributed by atoms with van der Waals surface area (Å²) in [5.41, 5.74) is 9.32. The molecule has 0 unspecified atom stereocenters.